The first-order valence-electron chi connectivity index (χ1n) is 9.45. The number of alkyl halides is 3. The zero-order valence-electron chi connectivity index (χ0n) is 16.9. The quantitative estimate of drug-likeness (QED) is 0.420. The molecule has 168 valence electrons. The summed E-state index contributed by atoms with van der Waals surface area (Å²) in [6.45, 7) is 1.64. The van der Waals surface area contributed by atoms with Crippen LogP contribution >= 0.6 is 0 Å². The van der Waals surface area contributed by atoms with E-state index in [1.807, 2.05) is 0 Å². The molecule has 3 rings (SSSR count). The summed E-state index contributed by atoms with van der Waals surface area (Å²) >= 11 is 0. The second kappa shape index (κ2) is 9.96. The fourth-order valence-electron chi connectivity index (χ4n) is 2.70. The van der Waals surface area contributed by atoms with E-state index in [4.69, 9.17) is 9.84 Å². The zero-order valence-corrected chi connectivity index (χ0v) is 16.9. The van der Waals surface area contributed by atoms with Crippen LogP contribution < -0.4 is 20.7 Å². The van der Waals surface area contributed by atoms with Crippen molar-refractivity contribution in [2.75, 3.05) is 29.1 Å². The monoisotopic (exact) mass is 447 g/mol. The second-order valence-electron chi connectivity index (χ2n) is 6.62. The molecular formula is C21H20F3N5O3. The molecule has 0 saturated carbocycles. The smallest absolute Gasteiger partial charge is 0.416 e. The fraction of sp³-hybridized carbons (Fsp3) is 0.190. The molecule has 0 aliphatic heterocycles. The van der Waals surface area contributed by atoms with Crippen LogP contribution in [0.5, 0.6) is 11.6 Å². The third-order valence-electron chi connectivity index (χ3n) is 4.20. The van der Waals surface area contributed by atoms with E-state index in [0.29, 0.717) is 23.8 Å². The summed E-state index contributed by atoms with van der Waals surface area (Å²) in [6, 6.07) is 10.8. The van der Waals surface area contributed by atoms with Gasteiger partial charge >= 0.3 is 12.2 Å². The number of aryl methyl sites for hydroxylation is 1. The summed E-state index contributed by atoms with van der Waals surface area (Å²) in [5.74, 6) is 1.21. The van der Waals surface area contributed by atoms with Crippen LogP contribution in [0.2, 0.25) is 0 Å². The lowest BCUT2D eigenvalue weighted by molar-refractivity contribution is -0.138. The van der Waals surface area contributed by atoms with Crippen LogP contribution in [0, 0.1) is 6.92 Å². The highest BCUT2D eigenvalue weighted by molar-refractivity contribution is 5.99. The number of aliphatic hydroxyl groups is 1. The van der Waals surface area contributed by atoms with Crippen molar-refractivity contribution in [2.24, 2.45) is 0 Å². The van der Waals surface area contributed by atoms with E-state index in [9.17, 15) is 18.0 Å². The van der Waals surface area contributed by atoms with Gasteiger partial charge in [0.2, 0.25) is 5.88 Å². The first-order chi connectivity index (χ1) is 15.2. The van der Waals surface area contributed by atoms with Gasteiger partial charge in [0.25, 0.3) is 0 Å². The van der Waals surface area contributed by atoms with Gasteiger partial charge in [-0.1, -0.05) is 6.07 Å². The topological polar surface area (TPSA) is 108 Å². The van der Waals surface area contributed by atoms with E-state index < -0.39 is 17.8 Å². The molecule has 11 heteroatoms. The third kappa shape index (κ3) is 6.32. The standard InChI is InChI=1S/C21H20F3N5O3/c1-13-2-3-15(10-17(13)21(22,23)24)29-20(31)28-14-4-6-16(7-5-14)32-19-11-18(25-8-9-30)26-12-27-19/h2-7,10-12,30H,8-9H2,1H3,(H,25,26,27)(H2,28,29,31). The van der Waals surface area contributed by atoms with Crippen molar-refractivity contribution in [2.45, 2.75) is 13.1 Å². The Hall–Kier alpha value is -3.86. The van der Waals surface area contributed by atoms with Crippen LogP contribution in [-0.4, -0.2) is 34.3 Å². The molecule has 2 amide bonds. The molecule has 0 bridgehead atoms. The summed E-state index contributed by atoms with van der Waals surface area (Å²) in [5, 5.41) is 16.7. The Morgan fingerprint density at radius 3 is 2.41 bits per heavy atom. The molecule has 0 aliphatic rings. The van der Waals surface area contributed by atoms with Crippen molar-refractivity contribution in [1.29, 1.82) is 0 Å². The van der Waals surface area contributed by atoms with Crippen molar-refractivity contribution in [3.05, 3.63) is 66.0 Å². The summed E-state index contributed by atoms with van der Waals surface area (Å²) in [7, 11) is 0. The number of amides is 2. The number of nitrogens with one attached hydrogen (secondary N) is 3. The fourth-order valence-corrected chi connectivity index (χ4v) is 2.70. The molecule has 32 heavy (non-hydrogen) atoms. The highest BCUT2D eigenvalue weighted by Crippen LogP contribution is 2.33. The molecule has 3 aromatic rings. The molecule has 0 radical (unpaired) electrons. The molecule has 0 fully saturated rings. The molecule has 0 atom stereocenters. The highest BCUT2D eigenvalue weighted by atomic mass is 19.4. The van der Waals surface area contributed by atoms with Gasteiger partial charge in [0.05, 0.1) is 12.2 Å². The van der Waals surface area contributed by atoms with Gasteiger partial charge in [-0.2, -0.15) is 13.2 Å². The van der Waals surface area contributed by atoms with Crippen LogP contribution in [-0.2, 0) is 6.18 Å². The van der Waals surface area contributed by atoms with Gasteiger partial charge in [-0.05, 0) is 48.9 Å². The first-order valence-corrected chi connectivity index (χ1v) is 9.45. The van der Waals surface area contributed by atoms with Gasteiger partial charge in [0.15, 0.2) is 0 Å². The molecule has 1 heterocycles. The van der Waals surface area contributed by atoms with E-state index >= 15 is 0 Å². The molecule has 0 saturated heterocycles. The molecular weight excluding hydrogens is 427 g/mol. The number of carbonyl (C=O) groups is 1. The minimum atomic E-state index is -4.51. The van der Waals surface area contributed by atoms with Crippen molar-refractivity contribution < 1.29 is 27.8 Å². The molecule has 2 aromatic carbocycles. The van der Waals surface area contributed by atoms with Gasteiger partial charge in [-0.3, -0.25) is 0 Å². The van der Waals surface area contributed by atoms with Crippen molar-refractivity contribution in [3.63, 3.8) is 0 Å². The van der Waals surface area contributed by atoms with Crippen LogP contribution in [0.4, 0.5) is 35.2 Å². The Bertz CT molecular complexity index is 1080. The molecule has 0 unspecified atom stereocenters. The van der Waals surface area contributed by atoms with Gasteiger partial charge in [0.1, 0.15) is 17.9 Å². The lowest BCUT2D eigenvalue weighted by atomic mass is 10.1. The average molecular weight is 447 g/mol. The van der Waals surface area contributed by atoms with E-state index in [2.05, 4.69) is 25.9 Å². The largest absolute Gasteiger partial charge is 0.439 e. The maximum atomic E-state index is 13.0. The van der Waals surface area contributed by atoms with Crippen LogP contribution in [0.25, 0.3) is 0 Å². The SMILES string of the molecule is Cc1ccc(NC(=O)Nc2ccc(Oc3cc(NCCO)ncn3)cc2)cc1C(F)(F)F. The van der Waals surface area contributed by atoms with Crippen molar-refractivity contribution >= 4 is 23.2 Å². The number of aromatic nitrogens is 2. The zero-order chi connectivity index (χ0) is 23.1. The third-order valence-corrected chi connectivity index (χ3v) is 4.20. The van der Waals surface area contributed by atoms with E-state index in [0.717, 1.165) is 6.07 Å². The number of hydrogen-bond acceptors (Lipinski definition) is 6. The Morgan fingerprint density at radius 1 is 1.03 bits per heavy atom. The van der Waals surface area contributed by atoms with Crippen LogP contribution in [0.15, 0.2) is 54.9 Å². The lowest BCUT2D eigenvalue weighted by Gasteiger charge is -2.13. The van der Waals surface area contributed by atoms with Gasteiger partial charge in [-0.25, -0.2) is 14.8 Å². The highest BCUT2D eigenvalue weighted by Gasteiger charge is 2.32. The lowest BCUT2D eigenvalue weighted by Crippen LogP contribution is -2.20. The second-order valence-corrected chi connectivity index (χ2v) is 6.62. The number of rotatable bonds is 7. The van der Waals surface area contributed by atoms with E-state index in [-0.39, 0.29) is 23.7 Å². The Labute approximate surface area is 181 Å². The molecule has 1 aromatic heterocycles. The summed E-state index contributed by atoms with van der Waals surface area (Å²) in [4.78, 5) is 20.1. The summed E-state index contributed by atoms with van der Waals surface area (Å²) in [5.41, 5.74) is -0.309. The minimum Gasteiger partial charge on any atom is -0.439 e. The number of benzene rings is 2. The maximum Gasteiger partial charge on any atom is 0.416 e. The van der Waals surface area contributed by atoms with Crippen molar-refractivity contribution in [3.8, 4) is 11.6 Å². The van der Waals surface area contributed by atoms with Crippen LogP contribution in [0.1, 0.15) is 11.1 Å². The normalized spacial score (nSPS) is 11.0. The van der Waals surface area contributed by atoms with Gasteiger partial charge in [0, 0.05) is 24.0 Å². The Morgan fingerprint density at radius 2 is 1.72 bits per heavy atom. The Kier molecular flexibility index (Phi) is 7.11. The maximum absolute atomic E-state index is 13.0. The molecule has 0 aliphatic carbocycles. The number of halogens is 3. The van der Waals surface area contributed by atoms with Gasteiger partial charge < -0.3 is 25.8 Å². The average Bonchev–Trinajstić information content (AvgIpc) is 2.74. The number of urea groups is 1. The number of carbonyl (C=O) groups excluding carboxylic acids is 1. The summed E-state index contributed by atoms with van der Waals surface area (Å²) < 4.78 is 44.7. The number of hydrogen-bond donors (Lipinski definition) is 4. The van der Waals surface area contributed by atoms with E-state index in [1.165, 1.54) is 25.4 Å². The van der Waals surface area contributed by atoms with Gasteiger partial charge in [-0.15, -0.1) is 0 Å². The van der Waals surface area contributed by atoms with Crippen molar-refractivity contribution in [1.82, 2.24) is 9.97 Å². The number of ether oxygens (including phenoxy) is 1. The summed E-state index contributed by atoms with van der Waals surface area (Å²) in [6.07, 6.45) is -3.20. The molecule has 0 spiro atoms. The molecule has 4 N–H and O–H groups in total. The number of aliphatic hydroxyl groups excluding tert-OH is 1. The number of nitrogens with zero attached hydrogens (tertiary/aromatic N) is 2. The number of anilines is 3. The predicted molar refractivity (Wildman–Crippen MR) is 113 cm³/mol. The van der Waals surface area contributed by atoms with Crippen LogP contribution in [0.3, 0.4) is 0 Å². The molecule has 8 nitrogen and oxygen atoms in total. The van der Waals surface area contributed by atoms with E-state index in [1.54, 1.807) is 30.3 Å². The predicted octanol–water partition coefficient (Wildman–Crippen LogP) is 4.64. The first kappa shape index (κ1) is 22.8. The minimum absolute atomic E-state index is 0.0229. The Balaban J connectivity index is 1.59.